The number of pyridine rings is 1. The lowest BCUT2D eigenvalue weighted by atomic mass is 9.94. The summed E-state index contributed by atoms with van der Waals surface area (Å²) in [6.45, 7) is 3.70. The van der Waals surface area contributed by atoms with Gasteiger partial charge >= 0.3 is 5.69 Å². The third kappa shape index (κ3) is 3.35. The molecule has 0 bridgehead atoms. The van der Waals surface area contributed by atoms with E-state index in [1.807, 2.05) is 13.8 Å². The number of aromatic nitrogens is 3. The number of anilines is 2. The molecule has 0 aliphatic rings. The number of fused-ring (bicyclic) bond motifs is 1. The van der Waals surface area contributed by atoms with Gasteiger partial charge in [-0.05, 0) is 23.6 Å². The first kappa shape index (κ1) is 20.1. The molecule has 0 spiro atoms. The largest absolute Gasteiger partial charge is 0.497 e. The molecule has 0 atom stereocenters. The van der Waals surface area contributed by atoms with Gasteiger partial charge in [0.05, 0.1) is 18.1 Å². The van der Waals surface area contributed by atoms with Crippen molar-refractivity contribution in [3.05, 3.63) is 56.2 Å². The summed E-state index contributed by atoms with van der Waals surface area (Å²) in [6.07, 6.45) is 0. The van der Waals surface area contributed by atoms with Gasteiger partial charge in [-0.15, -0.1) is 0 Å². The Morgan fingerprint density at radius 2 is 1.90 bits per heavy atom. The molecule has 1 amide bonds. The molecule has 2 aromatic heterocycles. The minimum Gasteiger partial charge on any atom is -0.497 e. The highest BCUT2D eigenvalue weighted by molar-refractivity contribution is 6.11. The maximum atomic E-state index is 13.1. The number of hydrogen-bond donors (Lipinski definition) is 2. The summed E-state index contributed by atoms with van der Waals surface area (Å²) in [4.78, 5) is 42.5. The fourth-order valence-corrected chi connectivity index (χ4v) is 3.34. The molecule has 0 aliphatic heterocycles. The molecule has 0 radical (unpaired) electrons. The molecule has 3 aromatic rings. The number of methoxy groups -OCH3 is 1. The fraction of sp³-hybridized carbons (Fsp3) is 0.300. The number of nitrogens with two attached hydrogens (primary N) is 1. The summed E-state index contributed by atoms with van der Waals surface area (Å²) in [5, 5.41) is 2.98. The van der Waals surface area contributed by atoms with E-state index in [0.717, 1.165) is 4.57 Å². The number of nitrogens with zero attached hydrogens (tertiary/aromatic N) is 3. The number of rotatable bonds is 4. The van der Waals surface area contributed by atoms with Gasteiger partial charge in [-0.1, -0.05) is 19.9 Å². The number of benzene rings is 1. The quantitative estimate of drug-likeness (QED) is 0.690. The highest BCUT2D eigenvalue weighted by Crippen LogP contribution is 2.30. The lowest BCUT2D eigenvalue weighted by molar-refractivity contribution is 0.102. The first-order chi connectivity index (χ1) is 13.7. The van der Waals surface area contributed by atoms with Gasteiger partial charge in [0.25, 0.3) is 11.5 Å². The summed E-state index contributed by atoms with van der Waals surface area (Å²) in [5.74, 6) is -0.186. The predicted octanol–water partition coefficient (Wildman–Crippen LogP) is 1.60. The van der Waals surface area contributed by atoms with Gasteiger partial charge in [-0.25, -0.2) is 9.78 Å². The van der Waals surface area contributed by atoms with E-state index in [1.165, 1.54) is 25.8 Å². The molecule has 0 saturated heterocycles. The van der Waals surface area contributed by atoms with Crippen LogP contribution in [0.1, 0.15) is 35.7 Å². The van der Waals surface area contributed by atoms with E-state index in [2.05, 4.69) is 10.3 Å². The van der Waals surface area contributed by atoms with Crippen LogP contribution in [0, 0.1) is 0 Å². The third-order valence-corrected chi connectivity index (χ3v) is 4.79. The monoisotopic (exact) mass is 397 g/mol. The van der Waals surface area contributed by atoms with Crippen molar-refractivity contribution in [1.29, 1.82) is 0 Å². The Morgan fingerprint density at radius 3 is 2.52 bits per heavy atom. The Hall–Kier alpha value is -3.62. The Kier molecular flexibility index (Phi) is 5.15. The standard InChI is InChI=1S/C20H23N5O4/c1-10(2)13-14(18(26)22-11-7-6-8-12(9-11)29-5)16(21)23-17-15(13)19(27)25(4)20(28)24(17)3/h6-10H,1-5H3,(H2,21,23)(H,22,26). The van der Waals surface area contributed by atoms with E-state index in [1.54, 1.807) is 24.3 Å². The summed E-state index contributed by atoms with van der Waals surface area (Å²) < 4.78 is 7.42. The van der Waals surface area contributed by atoms with E-state index in [0.29, 0.717) is 17.0 Å². The average Bonchev–Trinajstić information content (AvgIpc) is 2.69. The predicted molar refractivity (Wildman–Crippen MR) is 112 cm³/mol. The van der Waals surface area contributed by atoms with Crippen molar-refractivity contribution in [2.75, 3.05) is 18.2 Å². The maximum absolute atomic E-state index is 13.1. The Bertz CT molecular complexity index is 1240. The van der Waals surface area contributed by atoms with Crippen LogP contribution in [0.25, 0.3) is 11.0 Å². The van der Waals surface area contributed by atoms with Gasteiger partial charge in [0.2, 0.25) is 0 Å². The summed E-state index contributed by atoms with van der Waals surface area (Å²) >= 11 is 0. The minimum atomic E-state index is -0.519. The zero-order valence-corrected chi connectivity index (χ0v) is 16.9. The number of nitrogens with one attached hydrogen (secondary N) is 1. The van der Waals surface area contributed by atoms with Crippen LogP contribution >= 0.6 is 0 Å². The molecule has 2 heterocycles. The molecule has 29 heavy (non-hydrogen) atoms. The Labute approximate surface area is 166 Å². The molecule has 0 saturated carbocycles. The molecule has 3 N–H and O–H groups in total. The number of amides is 1. The van der Waals surface area contributed by atoms with E-state index >= 15 is 0 Å². The topological polar surface area (TPSA) is 121 Å². The van der Waals surface area contributed by atoms with Gasteiger partial charge in [0.1, 0.15) is 11.6 Å². The summed E-state index contributed by atoms with van der Waals surface area (Å²) in [7, 11) is 4.43. The smallest absolute Gasteiger partial charge is 0.332 e. The maximum Gasteiger partial charge on any atom is 0.332 e. The molecule has 1 aromatic carbocycles. The lowest BCUT2D eigenvalue weighted by Gasteiger charge is -2.18. The first-order valence-electron chi connectivity index (χ1n) is 9.01. The van der Waals surface area contributed by atoms with Crippen molar-refractivity contribution in [1.82, 2.24) is 14.1 Å². The average molecular weight is 397 g/mol. The number of hydrogen-bond acceptors (Lipinski definition) is 6. The van der Waals surface area contributed by atoms with Crippen LogP contribution in [0.15, 0.2) is 33.9 Å². The van der Waals surface area contributed by atoms with Crippen molar-refractivity contribution >= 4 is 28.4 Å². The third-order valence-electron chi connectivity index (χ3n) is 4.79. The van der Waals surface area contributed by atoms with Crippen molar-refractivity contribution in [3.63, 3.8) is 0 Å². The number of aryl methyl sites for hydroxylation is 1. The summed E-state index contributed by atoms with van der Waals surface area (Å²) in [6, 6.07) is 6.87. The van der Waals surface area contributed by atoms with Crippen LogP contribution in [-0.2, 0) is 14.1 Å². The van der Waals surface area contributed by atoms with E-state index in [9.17, 15) is 14.4 Å². The lowest BCUT2D eigenvalue weighted by Crippen LogP contribution is -2.38. The molecule has 9 nitrogen and oxygen atoms in total. The molecule has 3 rings (SSSR count). The van der Waals surface area contributed by atoms with Gasteiger partial charge in [0.15, 0.2) is 5.65 Å². The van der Waals surface area contributed by atoms with Crippen LogP contribution in [0.2, 0.25) is 0 Å². The number of carbonyl (C=O) groups excluding carboxylic acids is 1. The highest BCUT2D eigenvalue weighted by Gasteiger charge is 2.26. The van der Waals surface area contributed by atoms with Gasteiger partial charge in [-0.2, -0.15) is 0 Å². The molecule has 9 heteroatoms. The van der Waals surface area contributed by atoms with Crippen molar-refractivity contribution < 1.29 is 9.53 Å². The second kappa shape index (κ2) is 7.42. The number of carbonyl (C=O) groups is 1. The van der Waals surface area contributed by atoms with Crippen LogP contribution in [-0.4, -0.2) is 27.1 Å². The van der Waals surface area contributed by atoms with Crippen LogP contribution < -0.4 is 27.0 Å². The zero-order chi connectivity index (χ0) is 21.5. The molecule has 152 valence electrons. The SMILES string of the molecule is COc1cccc(NC(=O)c2c(N)nc3c(c2C(C)C)c(=O)n(C)c(=O)n3C)c1. The number of ether oxygens (including phenoxy) is 1. The van der Waals surface area contributed by atoms with Gasteiger partial charge in [-0.3, -0.25) is 18.7 Å². The summed E-state index contributed by atoms with van der Waals surface area (Å²) in [5.41, 5.74) is 6.31. The first-order valence-corrected chi connectivity index (χ1v) is 9.01. The molecule has 0 aliphatic carbocycles. The van der Waals surface area contributed by atoms with Crippen molar-refractivity contribution in [3.8, 4) is 5.75 Å². The van der Waals surface area contributed by atoms with Crippen molar-refractivity contribution in [2.45, 2.75) is 19.8 Å². The zero-order valence-electron chi connectivity index (χ0n) is 16.9. The number of nitrogen functional groups attached to an aromatic ring is 1. The fourth-order valence-electron chi connectivity index (χ4n) is 3.34. The normalized spacial score (nSPS) is 11.1. The Morgan fingerprint density at radius 1 is 1.21 bits per heavy atom. The van der Waals surface area contributed by atoms with Crippen molar-refractivity contribution in [2.24, 2.45) is 14.1 Å². The second-order valence-corrected chi connectivity index (χ2v) is 7.03. The molecule has 0 unspecified atom stereocenters. The van der Waals surface area contributed by atoms with Crippen LogP contribution in [0.5, 0.6) is 5.75 Å². The van der Waals surface area contributed by atoms with E-state index in [4.69, 9.17) is 10.5 Å². The molecule has 0 fully saturated rings. The highest BCUT2D eigenvalue weighted by atomic mass is 16.5. The second-order valence-electron chi connectivity index (χ2n) is 7.03. The molecular weight excluding hydrogens is 374 g/mol. The minimum absolute atomic E-state index is 0.0511. The van der Waals surface area contributed by atoms with E-state index < -0.39 is 17.2 Å². The van der Waals surface area contributed by atoms with Crippen LogP contribution in [0.3, 0.4) is 0 Å². The van der Waals surface area contributed by atoms with E-state index in [-0.39, 0.29) is 28.3 Å². The van der Waals surface area contributed by atoms with Crippen LogP contribution in [0.4, 0.5) is 11.5 Å². The van der Waals surface area contributed by atoms with Gasteiger partial charge in [0, 0.05) is 25.8 Å². The Balaban J connectivity index is 2.28. The van der Waals surface area contributed by atoms with Gasteiger partial charge < -0.3 is 15.8 Å². The molecular formula is C20H23N5O4.